The Morgan fingerprint density at radius 1 is 0.474 bits per heavy atom. The molecule has 3 aromatic heterocycles. The molecule has 1 aliphatic heterocycles. The van der Waals surface area contributed by atoms with Crippen LogP contribution in [0.5, 0.6) is 0 Å². The van der Waals surface area contributed by atoms with Gasteiger partial charge in [0.15, 0.2) is 5.84 Å². The van der Waals surface area contributed by atoms with Gasteiger partial charge in [-0.25, -0.2) is 9.98 Å². The smallest absolute Gasteiger partial charge is 0.159 e. The lowest BCUT2D eigenvalue weighted by molar-refractivity contribution is 0.674. The third-order valence-corrected chi connectivity index (χ3v) is 13.6. The van der Waals surface area contributed by atoms with Crippen molar-refractivity contribution in [1.29, 1.82) is 0 Å². The number of nitrogens with zero attached hydrogens (tertiary/aromatic N) is 3. The summed E-state index contributed by atoms with van der Waals surface area (Å²) in [6.07, 6.45) is -0.258. The molecule has 268 valence electrons. The molecule has 1 N–H and O–H groups in total. The summed E-state index contributed by atoms with van der Waals surface area (Å²) in [6.45, 7) is 0. The van der Waals surface area contributed by atoms with Gasteiger partial charge >= 0.3 is 0 Å². The molecule has 1 unspecified atom stereocenters. The molecule has 6 heteroatoms. The van der Waals surface area contributed by atoms with E-state index in [0.29, 0.717) is 0 Å². The van der Waals surface area contributed by atoms with Crippen molar-refractivity contribution in [2.24, 2.45) is 9.98 Å². The highest BCUT2D eigenvalue weighted by Crippen LogP contribution is 2.47. The molecule has 0 aliphatic carbocycles. The van der Waals surface area contributed by atoms with Gasteiger partial charge in [-0.3, -0.25) is 0 Å². The van der Waals surface area contributed by atoms with E-state index in [4.69, 9.17) is 9.98 Å². The number of benzene rings is 8. The minimum atomic E-state index is -0.258. The molecule has 0 spiro atoms. The van der Waals surface area contributed by atoms with Gasteiger partial charge in [0, 0.05) is 67.9 Å². The second-order valence-corrected chi connectivity index (χ2v) is 16.7. The molecule has 0 amide bonds. The molecule has 0 bridgehead atoms. The maximum Gasteiger partial charge on any atom is 0.159 e. The quantitative estimate of drug-likeness (QED) is 0.186. The van der Waals surface area contributed by atoms with Gasteiger partial charge < -0.3 is 9.88 Å². The fourth-order valence-corrected chi connectivity index (χ4v) is 11.1. The number of hydrogen-bond acceptors (Lipinski definition) is 5. The highest BCUT2D eigenvalue weighted by molar-refractivity contribution is 7.26. The first-order valence-electron chi connectivity index (χ1n) is 19.2. The number of para-hydroxylation sites is 2. The van der Waals surface area contributed by atoms with Crippen molar-refractivity contribution < 1.29 is 0 Å². The first-order chi connectivity index (χ1) is 28.3. The summed E-state index contributed by atoms with van der Waals surface area (Å²) >= 11 is 3.71. The topological polar surface area (TPSA) is 41.7 Å². The molecular formula is C51H32N4S2. The average Bonchev–Trinajstić information content (AvgIpc) is 3.96. The Morgan fingerprint density at radius 2 is 1.07 bits per heavy atom. The molecule has 0 saturated carbocycles. The van der Waals surface area contributed by atoms with Crippen molar-refractivity contribution in [3.05, 3.63) is 199 Å². The number of rotatable bonds is 5. The molecule has 1 aliphatic rings. The lowest BCUT2D eigenvalue weighted by Crippen LogP contribution is -2.33. The van der Waals surface area contributed by atoms with Gasteiger partial charge in [0.2, 0.25) is 0 Å². The first-order valence-corrected chi connectivity index (χ1v) is 20.8. The average molecular weight is 765 g/mol. The highest BCUT2D eigenvalue weighted by Gasteiger charge is 2.24. The molecule has 57 heavy (non-hydrogen) atoms. The zero-order valence-electron chi connectivity index (χ0n) is 30.6. The van der Waals surface area contributed by atoms with Gasteiger partial charge in [-0.05, 0) is 65.2 Å². The van der Waals surface area contributed by atoms with Crippen LogP contribution >= 0.6 is 22.7 Å². The third kappa shape index (κ3) is 5.11. The third-order valence-electron chi connectivity index (χ3n) is 11.3. The molecule has 0 fully saturated rings. The maximum absolute atomic E-state index is 5.20. The van der Waals surface area contributed by atoms with Gasteiger partial charge in [0.1, 0.15) is 12.0 Å². The predicted molar refractivity (Wildman–Crippen MR) is 244 cm³/mol. The van der Waals surface area contributed by atoms with E-state index in [1.165, 1.54) is 79.0 Å². The van der Waals surface area contributed by atoms with E-state index in [2.05, 4.69) is 168 Å². The van der Waals surface area contributed by atoms with Crippen LogP contribution in [0.1, 0.15) is 22.9 Å². The Bertz CT molecular complexity index is 3390. The van der Waals surface area contributed by atoms with E-state index < -0.39 is 0 Å². The van der Waals surface area contributed by atoms with E-state index in [9.17, 15) is 0 Å². The largest absolute Gasteiger partial charge is 0.344 e. The Kier molecular flexibility index (Phi) is 7.30. The van der Waals surface area contributed by atoms with Crippen LogP contribution in [-0.4, -0.2) is 16.2 Å². The van der Waals surface area contributed by atoms with Crippen LogP contribution in [0.2, 0.25) is 0 Å². The van der Waals surface area contributed by atoms with Crippen LogP contribution < -0.4 is 5.32 Å². The number of aliphatic imine (C=N–C) groups is 2. The minimum absolute atomic E-state index is 0.258. The lowest BCUT2D eigenvalue weighted by atomic mass is 9.95. The second kappa shape index (κ2) is 12.8. The van der Waals surface area contributed by atoms with Crippen molar-refractivity contribution in [2.45, 2.75) is 6.17 Å². The Labute approximate surface area is 336 Å². The van der Waals surface area contributed by atoms with Crippen LogP contribution in [-0.2, 0) is 0 Å². The van der Waals surface area contributed by atoms with Crippen molar-refractivity contribution >= 4 is 96.5 Å². The number of fused-ring (bicyclic) bond motifs is 9. The fourth-order valence-electron chi connectivity index (χ4n) is 8.75. The van der Waals surface area contributed by atoms with Crippen molar-refractivity contribution in [3.8, 4) is 16.8 Å². The predicted octanol–water partition coefficient (Wildman–Crippen LogP) is 13.7. The Morgan fingerprint density at radius 3 is 1.81 bits per heavy atom. The van der Waals surface area contributed by atoms with Gasteiger partial charge in [0.25, 0.3) is 0 Å². The van der Waals surface area contributed by atoms with E-state index in [0.717, 1.165) is 28.4 Å². The summed E-state index contributed by atoms with van der Waals surface area (Å²) in [6, 6.07) is 65.4. The zero-order chi connectivity index (χ0) is 37.5. The fraction of sp³-hybridized carbons (Fsp3) is 0.0196. The van der Waals surface area contributed by atoms with E-state index in [1.807, 2.05) is 46.9 Å². The molecule has 1 atom stereocenters. The molecule has 4 heterocycles. The van der Waals surface area contributed by atoms with Gasteiger partial charge in [0.05, 0.1) is 11.0 Å². The standard InChI is InChI=1S/C51H32N4S2/c1-3-14-31(15-4-1)49-52-50(32-16-5-2-6-17-32)54-51(53-49)39-23-11-22-38-46-36(20-13-27-45(46)57-48(38)39)37-21-12-26-44-47(37)40-30-33(28-29-43(40)56-44)55-41-24-9-7-18-34(41)35-19-8-10-25-42(35)55/h1-30,49H,(H,52,53,54). The van der Waals surface area contributed by atoms with Gasteiger partial charge in [-0.1, -0.05) is 133 Å². The van der Waals surface area contributed by atoms with E-state index in [1.54, 1.807) is 0 Å². The number of nitrogens with one attached hydrogen (secondary N) is 1. The molecule has 0 saturated heterocycles. The minimum Gasteiger partial charge on any atom is -0.344 e. The Hall–Kier alpha value is -6.86. The summed E-state index contributed by atoms with van der Waals surface area (Å²) < 4.78 is 7.47. The van der Waals surface area contributed by atoms with Gasteiger partial charge in [-0.15, -0.1) is 22.7 Å². The zero-order valence-corrected chi connectivity index (χ0v) is 32.2. The normalized spacial score (nSPS) is 14.5. The summed E-state index contributed by atoms with van der Waals surface area (Å²) in [4.78, 5) is 10.3. The van der Waals surface area contributed by atoms with Crippen LogP contribution in [0, 0.1) is 0 Å². The SMILES string of the molecule is c1ccc(C2=NC(c3ccccc3)NC(c3cccc4c3sc3cccc(-c5cccc6sc7ccc(-n8c9ccccc9c9ccccc98)cc7c56)c34)=N2)cc1. The molecule has 4 nitrogen and oxygen atoms in total. The number of amidine groups is 2. The van der Waals surface area contributed by atoms with Crippen LogP contribution in [0.15, 0.2) is 192 Å². The van der Waals surface area contributed by atoms with Crippen LogP contribution in [0.4, 0.5) is 0 Å². The maximum atomic E-state index is 5.20. The molecule has 11 aromatic rings. The van der Waals surface area contributed by atoms with Crippen molar-refractivity contribution in [3.63, 3.8) is 0 Å². The Balaban J connectivity index is 1.05. The van der Waals surface area contributed by atoms with E-state index >= 15 is 0 Å². The first kappa shape index (κ1) is 32.4. The lowest BCUT2D eigenvalue weighted by Gasteiger charge is -2.24. The molecule has 12 rings (SSSR count). The second-order valence-electron chi connectivity index (χ2n) is 14.5. The van der Waals surface area contributed by atoms with Crippen LogP contribution in [0.25, 0.3) is 79.0 Å². The molecule has 0 radical (unpaired) electrons. The van der Waals surface area contributed by atoms with Crippen molar-refractivity contribution in [2.75, 3.05) is 0 Å². The van der Waals surface area contributed by atoms with Crippen LogP contribution in [0.3, 0.4) is 0 Å². The number of aromatic nitrogens is 1. The number of hydrogen-bond donors (Lipinski definition) is 1. The molecule has 8 aromatic carbocycles. The summed E-state index contributed by atoms with van der Waals surface area (Å²) in [5.74, 6) is 1.56. The molecular weight excluding hydrogens is 733 g/mol. The summed E-state index contributed by atoms with van der Waals surface area (Å²) in [7, 11) is 0. The monoisotopic (exact) mass is 764 g/mol. The summed E-state index contributed by atoms with van der Waals surface area (Å²) in [5, 5.41) is 11.3. The highest BCUT2D eigenvalue weighted by atomic mass is 32.1. The van der Waals surface area contributed by atoms with Gasteiger partial charge in [-0.2, -0.15) is 0 Å². The van der Waals surface area contributed by atoms with E-state index in [-0.39, 0.29) is 6.17 Å². The number of thiophene rings is 2. The summed E-state index contributed by atoms with van der Waals surface area (Å²) in [5.41, 5.74) is 9.29. The van der Waals surface area contributed by atoms with Crippen molar-refractivity contribution in [1.82, 2.24) is 9.88 Å².